The number of hydrogen-bond acceptors (Lipinski definition) is 7. The van der Waals surface area contributed by atoms with E-state index in [4.69, 9.17) is 24.5 Å². The number of carbonyl (C=O) groups is 5. The van der Waals surface area contributed by atoms with E-state index in [1.165, 1.54) is 4.90 Å². The second kappa shape index (κ2) is 15.7. The standard InChI is InChI=1S/C21H22N2O5.C2H4F3N.C2H2O4/c1-2-16(22-21(27)28-13-14-8-4-3-5-9-14)19(24)23-17-11-7-6-10-15(17)12-18(23)20(25)26;3-2(4,5)1-6;3-1(4)2(5)6/h3-11,16,18H,2,12-13H2,1H3,(H,22,27)(H,25,26);1,6H2;(H,3,4)(H,5,6)/t16-,18-;;/m0../s1. The molecule has 0 aromatic heterocycles. The van der Waals surface area contributed by atoms with Crippen molar-refractivity contribution < 1.29 is 57.2 Å². The van der Waals surface area contributed by atoms with Crippen LogP contribution in [-0.4, -0.2) is 70.0 Å². The molecule has 0 unspecified atom stereocenters. The molecule has 40 heavy (non-hydrogen) atoms. The Morgan fingerprint density at radius 1 is 1.00 bits per heavy atom. The fourth-order valence-electron chi connectivity index (χ4n) is 3.27. The zero-order chi connectivity index (χ0) is 30.5. The van der Waals surface area contributed by atoms with E-state index < -0.39 is 54.7 Å². The molecule has 0 radical (unpaired) electrons. The average Bonchev–Trinajstić information content (AvgIpc) is 3.31. The molecule has 2 aromatic carbocycles. The van der Waals surface area contributed by atoms with E-state index in [9.17, 15) is 32.7 Å². The highest BCUT2D eigenvalue weighted by Gasteiger charge is 2.40. The molecule has 0 saturated carbocycles. The lowest BCUT2D eigenvalue weighted by molar-refractivity contribution is -0.159. The Labute approximate surface area is 226 Å². The predicted octanol–water partition coefficient (Wildman–Crippen LogP) is 2.40. The highest BCUT2D eigenvalue weighted by molar-refractivity contribution is 6.27. The van der Waals surface area contributed by atoms with Crippen molar-refractivity contribution in [2.45, 2.75) is 44.6 Å². The molecular weight excluding hydrogens is 543 g/mol. The summed E-state index contributed by atoms with van der Waals surface area (Å²) in [6, 6.07) is 14.4. The maximum Gasteiger partial charge on any atom is 0.414 e. The molecule has 3 rings (SSSR count). The SMILES string of the molecule is CC[C@H](NC(=O)OCc1ccccc1)C(=O)N1c2ccccc2C[C@H]1C(=O)O.NCC(F)(F)F.O=C(O)C(=O)O. The molecule has 2 amide bonds. The van der Waals surface area contributed by atoms with Gasteiger partial charge in [0.1, 0.15) is 18.7 Å². The molecule has 1 aliphatic heterocycles. The van der Waals surface area contributed by atoms with E-state index in [2.05, 4.69) is 11.1 Å². The smallest absolute Gasteiger partial charge is 0.414 e. The molecule has 0 saturated heterocycles. The molecule has 1 heterocycles. The highest BCUT2D eigenvalue weighted by Crippen LogP contribution is 2.33. The maximum absolute atomic E-state index is 13.1. The largest absolute Gasteiger partial charge is 0.480 e. The number of fused-ring (bicyclic) bond motifs is 1. The van der Waals surface area contributed by atoms with Crippen molar-refractivity contribution >= 4 is 35.6 Å². The summed E-state index contributed by atoms with van der Waals surface area (Å²) in [5, 5.41) is 26.9. The molecular formula is C25H28F3N3O9. The third-order valence-electron chi connectivity index (χ3n) is 5.12. The van der Waals surface area contributed by atoms with Gasteiger partial charge in [-0.15, -0.1) is 0 Å². The molecule has 2 aromatic rings. The van der Waals surface area contributed by atoms with Gasteiger partial charge in [0.05, 0.1) is 6.54 Å². The van der Waals surface area contributed by atoms with E-state index in [0.29, 0.717) is 12.1 Å². The van der Waals surface area contributed by atoms with Gasteiger partial charge < -0.3 is 31.1 Å². The van der Waals surface area contributed by atoms with Crippen molar-refractivity contribution in [3.63, 3.8) is 0 Å². The number of alkyl carbamates (subject to hydrolysis) is 1. The Morgan fingerprint density at radius 3 is 2.00 bits per heavy atom. The van der Waals surface area contributed by atoms with E-state index in [1.54, 1.807) is 25.1 Å². The number of nitrogens with one attached hydrogen (secondary N) is 1. The van der Waals surface area contributed by atoms with Crippen LogP contribution in [0.2, 0.25) is 0 Å². The van der Waals surface area contributed by atoms with Crippen molar-refractivity contribution in [2.24, 2.45) is 5.73 Å². The first-order valence-corrected chi connectivity index (χ1v) is 11.6. The number of carboxylic acids is 3. The van der Waals surface area contributed by atoms with Crippen LogP contribution < -0.4 is 16.0 Å². The third kappa shape index (κ3) is 11.0. The Balaban J connectivity index is 0.000000559. The van der Waals surface area contributed by atoms with Crippen molar-refractivity contribution in [2.75, 3.05) is 11.4 Å². The molecule has 218 valence electrons. The van der Waals surface area contributed by atoms with Crippen LogP contribution in [0.3, 0.4) is 0 Å². The molecule has 12 nitrogen and oxygen atoms in total. The van der Waals surface area contributed by atoms with Crippen LogP contribution >= 0.6 is 0 Å². The van der Waals surface area contributed by atoms with Crippen molar-refractivity contribution in [3.05, 3.63) is 65.7 Å². The number of carboxylic acid groups (broad SMARTS) is 3. The molecule has 6 N–H and O–H groups in total. The van der Waals surface area contributed by atoms with Gasteiger partial charge in [-0.25, -0.2) is 19.2 Å². The van der Waals surface area contributed by atoms with Crippen LogP contribution in [0, 0.1) is 0 Å². The molecule has 2 atom stereocenters. The summed E-state index contributed by atoms with van der Waals surface area (Å²) >= 11 is 0. The molecule has 1 aliphatic rings. The summed E-state index contributed by atoms with van der Waals surface area (Å²) in [7, 11) is 0. The van der Waals surface area contributed by atoms with Crippen molar-refractivity contribution in [1.82, 2.24) is 5.32 Å². The topological polar surface area (TPSA) is 197 Å². The number of halogens is 3. The summed E-state index contributed by atoms with van der Waals surface area (Å²) in [4.78, 5) is 56.3. The molecule has 0 bridgehead atoms. The van der Waals surface area contributed by atoms with Gasteiger partial charge in [0, 0.05) is 12.1 Å². The Morgan fingerprint density at radius 2 is 1.52 bits per heavy atom. The number of nitrogens with two attached hydrogens (primary N) is 1. The molecule has 15 heteroatoms. The van der Waals surface area contributed by atoms with Crippen LogP contribution in [-0.2, 0) is 36.9 Å². The summed E-state index contributed by atoms with van der Waals surface area (Å²) in [5.41, 5.74) is 6.37. The van der Waals surface area contributed by atoms with Gasteiger partial charge in [0.15, 0.2) is 0 Å². The van der Waals surface area contributed by atoms with Gasteiger partial charge in [-0.05, 0) is 23.6 Å². The lowest BCUT2D eigenvalue weighted by Crippen LogP contribution is -2.52. The Bertz CT molecular complexity index is 1160. The van der Waals surface area contributed by atoms with Gasteiger partial charge in [-0.3, -0.25) is 9.69 Å². The Kier molecular flexibility index (Phi) is 13.1. The van der Waals surface area contributed by atoms with Crippen LogP contribution in [0.4, 0.5) is 23.7 Å². The normalized spacial score (nSPS) is 14.2. The first kappa shape index (κ1) is 33.4. The number of benzene rings is 2. The minimum Gasteiger partial charge on any atom is -0.480 e. The van der Waals surface area contributed by atoms with E-state index in [-0.39, 0.29) is 13.0 Å². The van der Waals surface area contributed by atoms with Gasteiger partial charge >= 0.3 is 30.2 Å². The molecule has 0 aliphatic carbocycles. The number of anilines is 1. The minimum atomic E-state index is -4.18. The predicted molar refractivity (Wildman–Crippen MR) is 133 cm³/mol. The van der Waals surface area contributed by atoms with Crippen LogP contribution in [0.1, 0.15) is 24.5 Å². The number of amides is 2. The zero-order valence-corrected chi connectivity index (χ0v) is 21.1. The van der Waals surface area contributed by atoms with Crippen LogP contribution in [0.25, 0.3) is 0 Å². The quantitative estimate of drug-likeness (QED) is 0.321. The lowest BCUT2D eigenvalue weighted by atomic mass is 10.1. The zero-order valence-electron chi connectivity index (χ0n) is 21.1. The van der Waals surface area contributed by atoms with Gasteiger partial charge in [-0.2, -0.15) is 13.2 Å². The number of rotatable bonds is 6. The molecule has 0 spiro atoms. The van der Waals surface area contributed by atoms with E-state index >= 15 is 0 Å². The first-order valence-electron chi connectivity index (χ1n) is 11.6. The van der Waals surface area contributed by atoms with E-state index in [0.717, 1.165) is 11.1 Å². The number of carbonyl (C=O) groups excluding carboxylic acids is 2. The fourth-order valence-corrected chi connectivity index (χ4v) is 3.27. The number of nitrogens with zero attached hydrogens (tertiary/aromatic N) is 1. The minimum absolute atomic E-state index is 0.0849. The maximum atomic E-state index is 13.1. The highest BCUT2D eigenvalue weighted by atomic mass is 19.4. The summed E-state index contributed by atoms with van der Waals surface area (Å²) in [6.07, 6.45) is -4.35. The Hall–Kier alpha value is -4.66. The number of aliphatic carboxylic acids is 3. The van der Waals surface area contributed by atoms with Crippen molar-refractivity contribution in [3.8, 4) is 0 Å². The second-order valence-corrected chi connectivity index (χ2v) is 7.99. The summed E-state index contributed by atoms with van der Waals surface area (Å²) < 4.78 is 37.2. The first-order chi connectivity index (χ1) is 18.7. The number of para-hydroxylation sites is 1. The number of alkyl halides is 3. The van der Waals surface area contributed by atoms with Crippen molar-refractivity contribution in [1.29, 1.82) is 0 Å². The summed E-state index contributed by atoms with van der Waals surface area (Å²) in [5.74, 6) is -5.19. The molecule has 0 fully saturated rings. The van der Waals surface area contributed by atoms with Gasteiger partial charge in [-0.1, -0.05) is 55.5 Å². The number of ether oxygens (including phenoxy) is 1. The number of hydrogen-bond donors (Lipinski definition) is 5. The summed E-state index contributed by atoms with van der Waals surface area (Å²) in [6.45, 7) is 0.604. The lowest BCUT2D eigenvalue weighted by Gasteiger charge is -2.27. The van der Waals surface area contributed by atoms with Crippen LogP contribution in [0.15, 0.2) is 54.6 Å². The van der Waals surface area contributed by atoms with Gasteiger partial charge in [0.25, 0.3) is 5.91 Å². The third-order valence-corrected chi connectivity index (χ3v) is 5.12. The monoisotopic (exact) mass is 571 g/mol. The second-order valence-electron chi connectivity index (χ2n) is 7.99. The van der Waals surface area contributed by atoms with Crippen LogP contribution in [0.5, 0.6) is 0 Å². The van der Waals surface area contributed by atoms with E-state index in [1.807, 2.05) is 36.4 Å². The average molecular weight is 572 g/mol. The van der Waals surface area contributed by atoms with Gasteiger partial charge in [0.2, 0.25) is 0 Å². The fraction of sp³-hybridized carbons (Fsp3) is 0.320.